The van der Waals surface area contributed by atoms with Crippen LogP contribution in [0.5, 0.6) is 5.75 Å². The van der Waals surface area contributed by atoms with Crippen LogP contribution in [0.25, 0.3) is 0 Å². The van der Waals surface area contributed by atoms with E-state index in [-0.39, 0.29) is 18.1 Å². The van der Waals surface area contributed by atoms with Crippen LogP contribution < -0.4 is 15.4 Å². The molecule has 1 atom stereocenters. The summed E-state index contributed by atoms with van der Waals surface area (Å²) in [5.41, 5.74) is 1.90. The number of ether oxygens (including phenoxy) is 1. The zero-order chi connectivity index (χ0) is 19.6. The molecule has 3 rings (SSSR count). The third kappa shape index (κ3) is 3.97. The lowest BCUT2D eigenvalue weighted by molar-refractivity contribution is -0.121. The van der Waals surface area contributed by atoms with Gasteiger partial charge in [0.2, 0.25) is 5.91 Å². The van der Waals surface area contributed by atoms with E-state index in [1.165, 1.54) is 37.6 Å². The van der Waals surface area contributed by atoms with Crippen molar-refractivity contribution in [3.63, 3.8) is 0 Å². The molecule has 1 aliphatic rings. The largest absolute Gasteiger partial charge is 0.494 e. The quantitative estimate of drug-likeness (QED) is 0.864. The Morgan fingerprint density at radius 3 is 2.59 bits per heavy atom. The number of amides is 2. The van der Waals surface area contributed by atoms with E-state index in [0.29, 0.717) is 22.4 Å². The number of carbonyl (C=O) groups is 2. The zero-order valence-electron chi connectivity index (χ0n) is 14.8. The summed E-state index contributed by atoms with van der Waals surface area (Å²) in [6.07, 6.45) is 1.42. The molecule has 1 aliphatic heterocycles. The first-order valence-electron chi connectivity index (χ1n) is 8.29. The zero-order valence-corrected chi connectivity index (χ0v) is 14.8. The molecule has 0 fully saturated rings. The van der Waals surface area contributed by atoms with Crippen LogP contribution in [0, 0.1) is 18.6 Å². The number of rotatable bonds is 4. The van der Waals surface area contributed by atoms with Gasteiger partial charge in [-0.05, 0) is 36.2 Å². The summed E-state index contributed by atoms with van der Waals surface area (Å²) in [6.45, 7) is 1.66. The van der Waals surface area contributed by atoms with E-state index in [1.807, 2.05) is 0 Å². The first-order valence-corrected chi connectivity index (χ1v) is 8.29. The number of anilines is 1. The molecule has 0 saturated heterocycles. The second-order valence-corrected chi connectivity index (χ2v) is 6.23. The van der Waals surface area contributed by atoms with Gasteiger partial charge in [-0.15, -0.1) is 0 Å². The van der Waals surface area contributed by atoms with Crippen LogP contribution in [0.1, 0.15) is 23.5 Å². The average molecular weight is 372 g/mol. The fraction of sp³-hybridized carbons (Fsp3) is 0.200. The number of methoxy groups -OCH3 is 1. The lowest BCUT2D eigenvalue weighted by atomic mass is 9.86. The van der Waals surface area contributed by atoms with Crippen LogP contribution in [0.2, 0.25) is 0 Å². The Kier molecular flexibility index (Phi) is 5.21. The van der Waals surface area contributed by atoms with Gasteiger partial charge in [-0.1, -0.05) is 12.1 Å². The highest BCUT2D eigenvalue weighted by Crippen LogP contribution is 2.32. The molecule has 27 heavy (non-hydrogen) atoms. The molecule has 0 saturated carbocycles. The summed E-state index contributed by atoms with van der Waals surface area (Å²) in [6, 6.07) is 8.33. The topological polar surface area (TPSA) is 67.4 Å². The molecule has 5 nitrogen and oxygen atoms in total. The molecule has 0 radical (unpaired) electrons. The number of benzene rings is 2. The van der Waals surface area contributed by atoms with Gasteiger partial charge in [-0.2, -0.15) is 0 Å². The second kappa shape index (κ2) is 7.57. The normalized spacial score (nSPS) is 16.4. The maximum Gasteiger partial charge on any atom is 0.253 e. The van der Waals surface area contributed by atoms with Crippen molar-refractivity contribution in [1.29, 1.82) is 0 Å². The summed E-state index contributed by atoms with van der Waals surface area (Å²) < 4.78 is 31.9. The van der Waals surface area contributed by atoms with E-state index in [1.54, 1.807) is 19.1 Å². The Hall–Kier alpha value is -3.22. The van der Waals surface area contributed by atoms with Gasteiger partial charge in [0.05, 0.1) is 7.11 Å². The third-order valence-corrected chi connectivity index (χ3v) is 4.44. The van der Waals surface area contributed by atoms with Crippen LogP contribution >= 0.6 is 0 Å². The molecule has 0 spiro atoms. The fourth-order valence-electron chi connectivity index (χ4n) is 2.97. The van der Waals surface area contributed by atoms with E-state index in [2.05, 4.69) is 10.6 Å². The van der Waals surface area contributed by atoms with Gasteiger partial charge < -0.3 is 15.4 Å². The molecule has 7 heteroatoms. The highest BCUT2D eigenvalue weighted by Gasteiger charge is 2.29. The summed E-state index contributed by atoms with van der Waals surface area (Å²) in [4.78, 5) is 24.6. The van der Waals surface area contributed by atoms with Crippen molar-refractivity contribution in [1.82, 2.24) is 5.32 Å². The summed E-state index contributed by atoms with van der Waals surface area (Å²) in [5, 5.41) is 5.26. The molecule has 140 valence electrons. The van der Waals surface area contributed by atoms with Gasteiger partial charge in [-0.3, -0.25) is 9.59 Å². The number of nitrogens with one attached hydrogen (secondary N) is 2. The van der Waals surface area contributed by atoms with Gasteiger partial charge in [0.1, 0.15) is 5.82 Å². The fourth-order valence-corrected chi connectivity index (χ4v) is 2.97. The first kappa shape index (κ1) is 18.6. The van der Waals surface area contributed by atoms with Gasteiger partial charge >= 0.3 is 0 Å². The predicted octanol–water partition coefficient (Wildman–Crippen LogP) is 3.41. The van der Waals surface area contributed by atoms with Gasteiger partial charge in [0.15, 0.2) is 11.6 Å². The van der Waals surface area contributed by atoms with Crippen molar-refractivity contribution in [2.45, 2.75) is 19.3 Å². The Bertz CT molecular complexity index is 924. The molecule has 0 aliphatic carbocycles. The lowest BCUT2D eigenvalue weighted by Gasteiger charge is -2.24. The van der Waals surface area contributed by atoms with Gasteiger partial charge in [-0.25, -0.2) is 8.78 Å². The van der Waals surface area contributed by atoms with E-state index in [9.17, 15) is 18.4 Å². The monoisotopic (exact) mass is 372 g/mol. The minimum Gasteiger partial charge on any atom is -0.494 e. The first-order chi connectivity index (χ1) is 12.9. The number of hydrogen-bond acceptors (Lipinski definition) is 3. The van der Waals surface area contributed by atoms with Gasteiger partial charge in [0, 0.05) is 35.9 Å². The Morgan fingerprint density at radius 2 is 1.93 bits per heavy atom. The Morgan fingerprint density at radius 1 is 1.22 bits per heavy atom. The van der Waals surface area contributed by atoms with Crippen LogP contribution in [-0.2, 0) is 9.59 Å². The van der Waals surface area contributed by atoms with Crippen molar-refractivity contribution in [3.8, 4) is 5.75 Å². The Labute approximate surface area is 155 Å². The predicted molar refractivity (Wildman–Crippen MR) is 96.3 cm³/mol. The number of halogens is 2. The van der Waals surface area contributed by atoms with E-state index < -0.39 is 23.5 Å². The van der Waals surface area contributed by atoms with Gasteiger partial charge in [0.25, 0.3) is 5.91 Å². The van der Waals surface area contributed by atoms with E-state index >= 15 is 0 Å². The maximum absolute atomic E-state index is 13.8. The maximum atomic E-state index is 13.8. The van der Waals surface area contributed by atoms with Crippen LogP contribution in [0.15, 0.2) is 48.2 Å². The number of carbonyl (C=O) groups excluding carboxylic acids is 2. The molecular weight excluding hydrogens is 354 g/mol. The van der Waals surface area contributed by atoms with E-state index in [0.717, 1.165) is 0 Å². The molecular formula is C20H18F2N2O3. The van der Waals surface area contributed by atoms with E-state index in [4.69, 9.17) is 4.74 Å². The molecule has 2 amide bonds. The van der Waals surface area contributed by atoms with Crippen molar-refractivity contribution < 1.29 is 23.1 Å². The smallest absolute Gasteiger partial charge is 0.253 e. The minimum absolute atomic E-state index is 0.0110. The van der Waals surface area contributed by atoms with Crippen molar-refractivity contribution >= 4 is 17.5 Å². The van der Waals surface area contributed by atoms with Crippen LogP contribution in [-0.4, -0.2) is 18.9 Å². The molecule has 2 aromatic rings. The third-order valence-electron chi connectivity index (χ3n) is 4.44. The summed E-state index contributed by atoms with van der Waals surface area (Å²) >= 11 is 0. The molecule has 2 N–H and O–H groups in total. The number of aryl methyl sites for hydroxylation is 1. The number of hydrogen-bond donors (Lipinski definition) is 2. The lowest BCUT2D eigenvalue weighted by Crippen LogP contribution is -2.32. The molecule has 1 unspecified atom stereocenters. The minimum atomic E-state index is -0.527. The van der Waals surface area contributed by atoms with Crippen molar-refractivity contribution in [2.24, 2.45) is 0 Å². The van der Waals surface area contributed by atoms with Crippen LogP contribution in [0.3, 0.4) is 0 Å². The SMILES string of the molecule is COc1cc(NC(=O)C2=CNC(=O)CC2c2ccc(F)cc2)c(C)cc1F. The summed E-state index contributed by atoms with van der Waals surface area (Å²) in [5.74, 6) is -2.11. The molecule has 0 aromatic heterocycles. The standard InChI is InChI=1S/C20H18F2N2O3/c1-11-7-16(22)18(27-2)9-17(11)24-20(26)15-10-23-19(25)8-14(15)12-3-5-13(21)6-4-12/h3-7,9-10,14H,8H2,1-2H3,(H,23,25)(H,24,26). The highest BCUT2D eigenvalue weighted by molar-refractivity contribution is 6.06. The van der Waals surface area contributed by atoms with Crippen molar-refractivity contribution in [2.75, 3.05) is 12.4 Å². The summed E-state index contributed by atoms with van der Waals surface area (Å²) in [7, 11) is 1.34. The average Bonchev–Trinajstić information content (AvgIpc) is 2.64. The second-order valence-electron chi connectivity index (χ2n) is 6.23. The molecule has 0 bridgehead atoms. The Balaban J connectivity index is 1.90. The van der Waals surface area contributed by atoms with Crippen LogP contribution in [0.4, 0.5) is 14.5 Å². The molecule has 1 heterocycles. The highest BCUT2D eigenvalue weighted by atomic mass is 19.1. The molecule has 2 aromatic carbocycles. The van der Waals surface area contributed by atoms with Crippen molar-refractivity contribution in [3.05, 3.63) is 70.9 Å².